The third-order valence-corrected chi connectivity index (χ3v) is 6.17. The van der Waals surface area contributed by atoms with Gasteiger partial charge in [-0.25, -0.2) is 0 Å². The highest BCUT2D eigenvalue weighted by Gasteiger charge is 2.20. The highest BCUT2D eigenvalue weighted by atomic mass is 79.9. The van der Waals surface area contributed by atoms with E-state index in [0.717, 1.165) is 48.2 Å². The number of pyridine rings is 1. The molecule has 3 rings (SSSR count). The lowest BCUT2D eigenvalue weighted by molar-refractivity contribution is 0.0773. The molecule has 0 spiro atoms. The summed E-state index contributed by atoms with van der Waals surface area (Å²) in [6, 6.07) is 12.1. The highest BCUT2D eigenvalue weighted by Crippen LogP contribution is 2.34. The van der Waals surface area contributed by atoms with Crippen LogP contribution in [0.3, 0.4) is 0 Å². The molecule has 1 aromatic heterocycles. The number of halogens is 1. The third-order valence-electron chi connectivity index (χ3n) is 5.26. The molecule has 28 heavy (non-hydrogen) atoms. The summed E-state index contributed by atoms with van der Waals surface area (Å²) >= 11 is 3.85. The van der Waals surface area contributed by atoms with E-state index in [4.69, 9.17) is 0 Å². The second-order valence-corrected chi connectivity index (χ2v) is 7.85. The predicted molar refractivity (Wildman–Crippen MR) is 118 cm³/mol. The molecular weight excluding hydrogens is 414 g/mol. The maximum atomic E-state index is 12.5. The molecule has 0 unspecified atom stereocenters. The van der Waals surface area contributed by atoms with Crippen LogP contribution in [0.4, 0.5) is 0 Å². The van der Waals surface area contributed by atoms with E-state index in [2.05, 4.69) is 31.9 Å². The number of aromatic nitrogens is 1. The van der Waals surface area contributed by atoms with Crippen LogP contribution in [-0.2, 0) is 6.54 Å². The molecular formula is C23H28BrN3O. The van der Waals surface area contributed by atoms with Crippen LogP contribution in [0.5, 0.6) is 0 Å². The van der Waals surface area contributed by atoms with Gasteiger partial charge in [0.1, 0.15) is 0 Å². The Hall–Kier alpha value is -2.14. The minimum Gasteiger partial charge on any atom is -0.370 e. The Bertz CT molecular complexity index is 814. The normalized spacial score (nSPS) is 16.0. The molecule has 0 N–H and O–H groups in total. The number of carbonyl (C=O) groups is 1. The van der Waals surface area contributed by atoms with Crippen LogP contribution in [0, 0.1) is 0 Å². The monoisotopic (exact) mass is 441 g/mol. The molecule has 1 aliphatic rings. The maximum Gasteiger partial charge on any atom is 0.253 e. The summed E-state index contributed by atoms with van der Waals surface area (Å²) < 4.78 is 1.12. The van der Waals surface area contributed by atoms with Gasteiger partial charge in [0.2, 0.25) is 0 Å². The summed E-state index contributed by atoms with van der Waals surface area (Å²) in [6.07, 6.45) is 7.22. The molecule has 0 aliphatic carbocycles. The van der Waals surface area contributed by atoms with E-state index in [-0.39, 0.29) is 5.91 Å². The van der Waals surface area contributed by atoms with Crippen molar-refractivity contribution in [2.24, 2.45) is 0 Å². The van der Waals surface area contributed by atoms with E-state index in [1.807, 2.05) is 61.5 Å². The topological polar surface area (TPSA) is 36.4 Å². The second-order valence-electron chi connectivity index (χ2n) is 7.06. The summed E-state index contributed by atoms with van der Waals surface area (Å²) in [5, 5.41) is 0. The lowest BCUT2D eigenvalue weighted by Crippen LogP contribution is -2.30. The van der Waals surface area contributed by atoms with E-state index in [9.17, 15) is 4.79 Å². The molecule has 0 radical (unpaired) electrons. The standard InChI is InChI=1S/C23H28BrN3O/c1-3-26(4-2)23(28)20-12-10-19(11-13-20)22(24)21-9-5-6-15-27(21)17-18-8-7-14-25-16-18/h7-8,10-14,16H,3-6,9,15,17H2,1-2H3. The first-order chi connectivity index (χ1) is 13.6. The molecule has 1 fully saturated rings. The van der Waals surface area contributed by atoms with Gasteiger partial charge in [0.25, 0.3) is 5.91 Å². The first-order valence-corrected chi connectivity index (χ1v) is 10.9. The number of likely N-dealkylation sites (tertiary alicyclic amines) is 1. The Balaban J connectivity index is 1.82. The van der Waals surface area contributed by atoms with Crippen molar-refractivity contribution in [3.05, 3.63) is 71.2 Å². The Morgan fingerprint density at radius 2 is 1.82 bits per heavy atom. The van der Waals surface area contributed by atoms with E-state index >= 15 is 0 Å². The number of hydrogen-bond donors (Lipinski definition) is 0. The van der Waals surface area contributed by atoms with E-state index < -0.39 is 0 Å². The summed E-state index contributed by atoms with van der Waals surface area (Å²) in [7, 11) is 0. The van der Waals surface area contributed by atoms with Crippen molar-refractivity contribution in [3.8, 4) is 0 Å². The zero-order chi connectivity index (χ0) is 19.9. The minimum absolute atomic E-state index is 0.0937. The highest BCUT2D eigenvalue weighted by molar-refractivity contribution is 9.15. The fourth-order valence-corrected chi connectivity index (χ4v) is 4.36. The lowest BCUT2D eigenvalue weighted by atomic mass is 10.0. The van der Waals surface area contributed by atoms with Crippen LogP contribution >= 0.6 is 15.9 Å². The fraction of sp³-hybridized carbons (Fsp3) is 0.391. The SMILES string of the molecule is CCN(CC)C(=O)c1ccc(C(Br)=C2CCCCN2Cc2cccnc2)cc1. The molecule has 1 saturated heterocycles. The number of allylic oxidation sites excluding steroid dienone is 1. The van der Waals surface area contributed by atoms with Gasteiger partial charge in [-0.05, 0) is 78.4 Å². The van der Waals surface area contributed by atoms with Crippen molar-refractivity contribution in [1.82, 2.24) is 14.8 Å². The molecule has 1 aliphatic heterocycles. The number of piperidine rings is 1. The Kier molecular flexibility index (Phi) is 7.26. The molecule has 0 atom stereocenters. The largest absolute Gasteiger partial charge is 0.370 e. The Morgan fingerprint density at radius 1 is 1.11 bits per heavy atom. The number of rotatable bonds is 6. The van der Waals surface area contributed by atoms with Gasteiger partial charge in [0, 0.05) is 54.3 Å². The smallest absolute Gasteiger partial charge is 0.253 e. The predicted octanol–water partition coefficient (Wildman–Crippen LogP) is 5.31. The molecule has 4 nitrogen and oxygen atoms in total. The molecule has 0 saturated carbocycles. The van der Waals surface area contributed by atoms with Crippen LogP contribution in [0.2, 0.25) is 0 Å². The van der Waals surface area contributed by atoms with Gasteiger partial charge >= 0.3 is 0 Å². The summed E-state index contributed by atoms with van der Waals surface area (Å²) in [6.45, 7) is 7.41. The number of benzene rings is 1. The van der Waals surface area contributed by atoms with Gasteiger partial charge < -0.3 is 9.80 Å². The molecule has 1 aromatic carbocycles. The van der Waals surface area contributed by atoms with Gasteiger partial charge in [-0.3, -0.25) is 9.78 Å². The van der Waals surface area contributed by atoms with Crippen molar-refractivity contribution in [2.45, 2.75) is 39.7 Å². The van der Waals surface area contributed by atoms with Gasteiger partial charge in [-0.1, -0.05) is 18.2 Å². The average molecular weight is 442 g/mol. The summed E-state index contributed by atoms with van der Waals surface area (Å²) in [5.41, 5.74) is 4.41. The van der Waals surface area contributed by atoms with E-state index in [0.29, 0.717) is 0 Å². The second kappa shape index (κ2) is 9.87. The Labute approximate surface area is 176 Å². The zero-order valence-corrected chi connectivity index (χ0v) is 18.3. The minimum atomic E-state index is 0.0937. The van der Waals surface area contributed by atoms with E-state index in [1.165, 1.54) is 24.1 Å². The molecule has 2 aromatic rings. The van der Waals surface area contributed by atoms with Crippen molar-refractivity contribution in [2.75, 3.05) is 19.6 Å². The maximum absolute atomic E-state index is 12.5. The lowest BCUT2D eigenvalue weighted by Gasteiger charge is -2.33. The Morgan fingerprint density at radius 3 is 2.46 bits per heavy atom. The van der Waals surface area contributed by atoms with Crippen LogP contribution < -0.4 is 0 Å². The van der Waals surface area contributed by atoms with Gasteiger partial charge in [-0.15, -0.1) is 0 Å². The van der Waals surface area contributed by atoms with Crippen molar-refractivity contribution >= 4 is 26.3 Å². The van der Waals surface area contributed by atoms with Crippen molar-refractivity contribution < 1.29 is 4.79 Å². The van der Waals surface area contributed by atoms with Crippen molar-refractivity contribution in [1.29, 1.82) is 0 Å². The number of amides is 1. The summed E-state index contributed by atoms with van der Waals surface area (Å²) in [4.78, 5) is 21.1. The first kappa shape index (κ1) is 20.6. The molecule has 2 heterocycles. The van der Waals surface area contributed by atoms with Gasteiger partial charge in [-0.2, -0.15) is 0 Å². The van der Waals surface area contributed by atoms with Crippen LogP contribution in [0.15, 0.2) is 54.5 Å². The van der Waals surface area contributed by atoms with Gasteiger partial charge in [0.05, 0.1) is 0 Å². The van der Waals surface area contributed by atoms with Crippen LogP contribution in [0.25, 0.3) is 4.48 Å². The molecule has 0 bridgehead atoms. The van der Waals surface area contributed by atoms with Gasteiger partial charge in [0.15, 0.2) is 0 Å². The quantitative estimate of drug-likeness (QED) is 0.608. The fourth-order valence-electron chi connectivity index (χ4n) is 3.64. The first-order valence-electron chi connectivity index (χ1n) is 10.1. The number of carbonyl (C=O) groups excluding carboxylic acids is 1. The number of hydrogen-bond acceptors (Lipinski definition) is 3. The average Bonchev–Trinajstić information content (AvgIpc) is 2.75. The molecule has 1 amide bonds. The van der Waals surface area contributed by atoms with E-state index in [1.54, 1.807) is 0 Å². The summed E-state index contributed by atoms with van der Waals surface area (Å²) in [5.74, 6) is 0.0937. The van der Waals surface area contributed by atoms with Crippen LogP contribution in [0.1, 0.15) is 54.6 Å². The van der Waals surface area contributed by atoms with Crippen LogP contribution in [-0.4, -0.2) is 40.3 Å². The zero-order valence-electron chi connectivity index (χ0n) is 16.7. The molecule has 5 heteroatoms. The third kappa shape index (κ3) is 4.82. The number of nitrogens with zero attached hydrogens (tertiary/aromatic N) is 3. The van der Waals surface area contributed by atoms with Crippen molar-refractivity contribution in [3.63, 3.8) is 0 Å². The molecule has 148 valence electrons.